The predicted molar refractivity (Wildman–Crippen MR) is 74.6 cm³/mol. The van der Waals surface area contributed by atoms with Crippen LogP contribution in [0.4, 0.5) is 0 Å². The first-order valence-electron chi connectivity index (χ1n) is 8.28. The van der Waals surface area contributed by atoms with Crippen molar-refractivity contribution < 1.29 is 4.79 Å². The Hall–Kier alpha value is -0.570. The van der Waals surface area contributed by atoms with Crippen LogP contribution in [-0.2, 0) is 4.79 Å². The second-order valence-electron chi connectivity index (χ2n) is 7.43. The molecular formula is C16H26N2O. The van der Waals surface area contributed by atoms with Gasteiger partial charge in [0.1, 0.15) is 0 Å². The molecule has 4 aliphatic carbocycles. The highest BCUT2D eigenvalue weighted by atomic mass is 16.2. The average Bonchev–Trinajstić information content (AvgIpc) is 2.58. The molecule has 1 heterocycles. The van der Waals surface area contributed by atoms with Gasteiger partial charge in [-0.25, -0.2) is 0 Å². The van der Waals surface area contributed by atoms with Gasteiger partial charge in [-0.15, -0.1) is 0 Å². The lowest BCUT2D eigenvalue weighted by Gasteiger charge is -2.55. The third kappa shape index (κ3) is 2.20. The summed E-state index contributed by atoms with van der Waals surface area (Å²) in [6.07, 6.45) is 8.10. The Balaban J connectivity index is 1.46. The van der Waals surface area contributed by atoms with Crippen LogP contribution in [0.3, 0.4) is 0 Å². The number of nitrogens with one attached hydrogen (secondary N) is 1. The van der Waals surface area contributed by atoms with Crippen molar-refractivity contribution in [2.24, 2.45) is 29.6 Å². The molecule has 1 N–H and O–H groups in total. The predicted octanol–water partition coefficient (Wildman–Crippen LogP) is 1.88. The normalized spacial score (nSPS) is 45.6. The summed E-state index contributed by atoms with van der Waals surface area (Å²) >= 11 is 0. The van der Waals surface area contributed by atoms with Gasteiger partial charge in [0.05, 0.1) is 0 Å². The van der Waals surface area contributed by atoms with Gasteiger partial charge in [0, 0.05) is 32.6 Å². The number of amides is 1. The summed E-state index contributed by atoms with van der Waals surface area (Å²) in [6, 6.07) is 0. The van der Waals surface area contributed by atoms with Crippen molar-refractivity contribution in [3.63, 3.8) is 0 Å². The van der Waals surface area contributed by atoms with Gasteiger partial charge >= 0.3 is 0 Å². The number of nitrogens with zero attached hydrogens (tertiary/aromatic N) is 1. The van der Waals surface area contributed by atoms with E-state index < -0.39 is 0 Å². The molecule has 3 nitrogen and oxygen atoms in total. The molecule has 0 spiro atoms. The molecule has 4 bridgehead atoms. The molecule has 106 valence electrons. The Labute approximate surface area is 116 Å². The van der Waals surface area contributed by atoms with E-state index in [0.717, 1.165) is 55.8 Å². The van der Waals surface area contributed by atoms with Gasteiger partial charge < -0.3 is 10.2 Å². The van der Waals surface area contributed by atoms with Crippen LogP contribution in [0.2, 0.25) is 0 Å². The molecule has 0 aromatic heterocycles. The van der Waals surface area contributed by atoms with Crippen molar-refractivity contribution in [1.29, 1.82) is 0 Å². The van der Waals surface area contributed by atoms with Gasteiger partial charge in [-0.1, -0.05) is 0 Å². The summed E-state index contributed by atoms with van der Waals surface area (Å²) in [5.41, 5.74) is 0. The van der Waals surface area contributed by atoms with Gasteiger partial charge in [-0.05, 0) is 61.7 Å². The first-order chi connectivity index (χ1) is 9.29. The zero-order chi connectivity index (χ0) is 12.8. The molecule has 0 radical (unpaired) electrons. The van der Waals surface area contributed by atoms with E-state index in [1.54, 1.807) is 0 Å². The number of carbonyl (C=O) groups is 1. The van der Waals surface area contributed by atoms with E-state index in [1.807, 2.05) is 0 Å². The topological polar surface area (TPSA) is 32.3 Å². The first-order valence-corrected chi connectivity index (χ1v) is 8.28. The summed E-state index contributed by atoms with van der Waals surface area (Å²) in [4.78, 5) is 14.3. The van der Waals surface area contributed by atoms with Crippen molar-refractivity contribution in [1.82, 2.24) is 10.2 Å². The standard InChI is InChI=1S/C16H26N2O/c19-16-1-2-17-3-4-18(16)10-15-13-6-11-5-12(8-13)9-14(15)7-11/h11-15,17H,1-10H2. The minimum Gasteiger partial charge on any atom is -0.341 e. The largest absolute Gasteiger partial charge is 0.341 e. The maximum atomic E-state index is 12.2. The third-order valence-corrected chi connectivity index (χ3v) is 6.28. The molecule has 5 rings (SSSR count). The van der Waals surface area contributed by atoms with Gasteiger partial charge in [0.2, 0.25) is 5.91 Å². The zero-order valence-corrected chi connectivity index (χ0v) is 11.8. The van der Waals surface area contributed by atoms with Crippen molar-refractivity contribution in [3.8, 4) is 0 Å². The highest BCUT2D eigenvalue weighted by Gasteiger charge is 2.48. The highest BCUT2D eigenvalue weighted by Crippen LogP contribution is 2.56. The maximum Gasteiger partial charge on any atom is 0.223 e. The van der Waals surface area contributed by atoms with E-state index in [0.29, 0.717) is 12.3 Å². The molecule has 1 amide bonds. The van der Waals surface area contributed by atoms with Gasteiger partial charge in [0.15, 0.2) is 0 Å². The van der Waals surface area contributed by atoms with E-state index in [9.17, 15) is 4.79 Å². The lowest BCUT2D eigenvalue weighted by atomic mass is 9.52. The van der Waals surface area contributed by atoms with Gasteiger partial charge in [-0.3, -0.25) is 4.79 Å². The molecule has 3 heteroatoms. The fourth-order valence-electron chi connectivity index (χ4n) is 5.60. The Morgan fingerprint density at radius 3 is 2.37 bits per heavy atom. The second kappa shape index (κ2) is 4.76. The molecule has 0 aromatic carbocycles. The summed E-state index contributed by atoms with van der Waals surface area (Å²) in [6.45, 7) is 3.85. The Morgan fingerprint density at radius 1 is 1.00 bits per heavy atom. The third-order valence-electron chi connectivity index (χ3n) is 6.28. The number of hydrogen-bond acceptors (Lipinski definition) is 2. The van der Waals surface area contributed by atoms with Crippen LogP contribution in [0.1, 0.15) is 38.5 Å². The molecule has 0 atom stereocenters. The van der Waals surface area contributed by atoms with Crippen LogP contribution >= 0.6 is 0 Å². The van der Waals surface area contributed by atoms with Gasteiger partial charge in [-0.2, -0.15) is 0 Å². The molecular weight excluding hydrogens is 236 g/mol. The van der Waals surface area contributed by atoms with Crippen molar-refractivity contribution in [2.45, 2.75) is 38.5 Å². The van der Waals surface area contributed by atoms with Crippen LogP contribution < -0.4 is 5.32 Å². The fourth-order valence-corrected chi connectivity index (χ4v) is 5.60. The lowest BCUT2D eigenvalue weighted by Crippen LogP contribution is -2.50. The monoisotopic (exact) mass is 262 g/mol. The van der Waals surface area contributed by atoms with E-state index in [4.69, 9.17) is 0 Å². The second-order valence-corrected chi connectivity index (χ2v) is 7.43. The molecule has 1 aliphatic heterocycles. The smallest absolute Gasteiger partial charge is 0.223 e. The van der Waals surface area contributed by atoms with Gasteiger partial charge in [0.25, 0.3) is 0 Å². The number of hydrogen-bond donors (Lipinski definition) is 1. The molecule has 0 unspecified atom stereocenters. The van der Waals surface area contributed by atoms with Crippen LogP contribution in [0, 0.1) is 29.6 Å². The average molecular weight is 262 g/mol. The lowest BCUT2D eigenvalue weighted by molar-refractivity contribution is -0.133. The Morgan fingerprint density at radius 2 is 1.68 bits per heavy atom. The van der Waals surface area contributed by atoms with Crippen LogP contribution in [-0.4, -0.2) is 37.0 Å². The fraction of sp³-hybridized carbons (Fsp3) is 0.938. The van der Waals surface area contributed by atoms with Crippen molar-refractivity contribution in [2.75, 3.05) is 26.2 Å². The van der Waals surface area contributed by atoms with Crippen molar-refractivity contribution >= 4 is 5.91 Å². The maximum absolute atomic E-state index is 12.2. The minimum absolute atomic E-state index is 0.388. The van der Waals surface area contributed by atoms with Crippen molar-refractivity contribution in [3.05, 3.63) is 0 Å². The minimum atomic E-state index is 0.388. The Kier molecular flexibility index (Phi) is 3.06. The van der Waals surface area contributed by atoms with Crippen LogP contribution in [0.25, 0.3) is 0 Å². The number of rotatable bonds is 2. The quantitative estimate of drug-likeness (QED) is 0.824. The van der Waals surface area contributed by atoms with E-state index >= 15 is 0 Å². The highest BCUT2D eigenvalue weighted by molar-refractivity contribution is 5.76. The molecule has 5 fully saturated rings. The molecule has 19 heavy (non-hydrogen) atoms. The van der Waals surface area contributed by atoms with Crippen LogP contribution in [0.5, 0.6) is 0 Å². The summed E-state index contributed by atoms with van der Waals surface area (Å²) in [5, 5.41) is 3.35. The Bertz CT molecular complexity index is 340. The first kappa shape index (κ1) is 12.2. The van der Waals surface area contributed by atoms with E-state index in [2.05, 4.69) is 10.2 Å². The number of carbonyl (C=O) groups excluding carboxylic acids is 1. The van der Waals surface area contributed by atoms with Crippen LogP contribution in [0.15, 0.2) is 0 Å². The summed E-state index contributed by atoms with van der Waals surface area (Å²) in [7, 11) is 0. The summed E-state index contributed by atoms with van der Waals surface area (Å²) < 4.78 is 0. The molecule has 0 aromatic rings. The molecule has 4 saturated carbocycles. The molecule has 1 saturated heterocycles. The zero-order valence-electron chi connectivity index (χ0n) is 11.8. The summed E-state index contributed by atoms with van der Waals surface area (Å²) in [5.74, 6) is 5.19. The van der Waals surface area contributed by atoms with E-state index in [1.165, 1.54) is 32.1 Å². The van der Waals surface area contributed by atoms with E-state index in [-0.39, 0.29) is 0 Å². The SMILES string of the molecule is O=C1CCNCCN1CC1C2CC3CC(C2)CC1C3. The molecule has 5 aliphatic rings.